The maximum absolute atomic E-state index is 13.4. The highest BCUT2D eigenvalue weighted by Crippen LogP contribution is 2.34. The summed E-state index contributed by atoms with van der Waals surface area (Å²) in [6.45, 7) is 7.61. The summed E-state index contributed by atoms with van der Waals surface area (Å²) in [5, 5.41) is 10.5. The van der Waals surface area contributed by atoms with E-state index in [0.717, 1.165) is 11.1 Å². The molecule has 0 saturated carbocycles. The summed E-state index contributed by atoms with van der Waals surface area (Å²) in [5.74, 6) is -0.487. The highest BCUT2D eigenvalue weighted by Gasteiger charge is 2.32. The first kappa shape index (κ1) is 25.3. The van der Waals surface area contributed by atoms with Crippen LogP contribution in [-0.2, 0) is 16.4 Å². The molecule has 9 heteroatoms. The number of benzene rings is 2. The second-order valence-electron chi connectivity index (χ2n) is 7.85. The van der Waals surface area contributed by atoms with Crippen LogP contribution in [-0.4, -0.2) is 30.7 Å². The van der Waals surface area contributed by atoms with Gasteiger partial charge < -0.3 is 14.4 Å². The SMILES string of the molecule is Cc1cc(OCCCn2c(C)c(S(=O)(=O)c3ccccc3Br)c(C)c2C(=O)O)cc(C)c1Cl. The van der Waals surface area contributed by atoms with Crippen LogP contribution in [0.3, 0.4) is 0 Å². The predicted octanol–water partition coefficient (Wildman–Crippen LogP) is 6.14. The fourth-order valence-corrected chi connectivity index (χ4v) is 6.83. The van der Waals surface area contributed by atoms with Gasteiger partial charge in [0.25, 0.3) is 0 Å². The molecule has 0 unspecified atom stereocenters. The van der Waals surface area contributed by atoms with E-state index in [4.69, 9.17) is 16.3 Å². The smallest absolute Gasteiger partial charge is 0.352 e. The Hall–Kier alpha value is -2.29. The molecule has 2 aromatic carbocycles. The number of carbonyl (C=O) groups is 1. The molecule has 3 aromatic rings. The van der Waals surface area contributed by atoms with Crippen LogP contribution >= 0.6 is 27.5 Å². The van der Waals surface area contributed by atoms with E-state index in [-0.39, 0.29) is 21.0 Å². The van der Waals surface area contributed by atoms with E-state index in [0.29, 0.717) is 40.5 Å². The largest absolute Gasteiger partial charge is 0.494 e. The third kappa shape index (κ3) is 4.98. The van der Waals surface area contributed by atoms with Gasteiger partial charge in [-0.1, -0.05) is 23.7 Å². The van der Waals surface area contributed by atoms with Crippen molar-refractivity contribution in [3.05, 3.63) is 74.0 Å². The van der Waals surface area contributed by atoms with Crippen molar-refractivity contribution in [2.45, 2.75) is 50.5 Å². The van der Waals surface area contributed by atoms with E-state index in [1.807, 2.05) is 26.0 Å². The topological polar surface area (TPSA) is 85.6 Å². The monoisotopic (exact) mass is 553 g/mol. The molecule has 0 aliphatic rings. The van der Waals surface area contributed by atoms with Crippen LogP contribution in [0, 0.1) is 27.7 Å². The van der Waals surface area contributed by atoms with Gasteiger partial charge in [-0.2, -0.15) is 0 Å². The molecule has 0 spiro atoms. The van der Waals surface area contributed by atoms with Crippen LogP contribution in [0.4, 0.5) is 0 Å². The number of nitrogens with zero attached hydrogens (tertiary/aromatic N) is 1. The number of hydrogen-bond acceptors (Lipinski definition) is 4. The fourth-order valence-electron chi connectivity index (χ4n) is 4.00. The minimum absolute atomic E-state index is 0.0247. The summed E-state index contributed by atoms with van der Waals surface area (Å²) in [6.07, 6.45) is 0.491. The highest BCUT2D eigenvalue weighted by atomic mass is 79.9. The zero-order valence-corrected chi connectivity index (χ0v) is 21.9. The van der Waals surface area contributed by atoms with Gasteiger partial charge in [-0.3, -0.25) is 0 Å². The van der Waals surface area contributed by atoms with Crippen molar-refractivity contribution >= 4 is 43.3 Å². The molecule has 0 saturated heterocycles. The van der Waals surface area contributed by atoms with Crippen molar-refractivity contribution in [1.29, 1.82) is 0 Å². The summed E-state index contributed by atoms with van der Waals surface area (Å²) in [7, 11) is -3.93. The van der Waals surface area contributed by atoms with Crippen LogP contribution in [0.25, 0.3) is 0 Å². The first-order chi connectivity index (χ1) is 15.5. The average molecular weight is 555 g/mol. The van der Waals surface area contributed by atoms with Crippen molar-refractivity contribution in [1.82, 2.24) is 4.57 Å². The number of halogens is 2. The lowest BCUT2D eigenvalue weighted by Gasteiger charge is -2.12. The van der Waals surface area contributed by atoms with Crippen molar-refractivity contribution in [3.8, 4) is 5.75 Å². The van der Waals surface area contributed by atoms with Gasteiger partial charge in [0.15, 0.2) is 0 Å². The number of rotatable bonds is 8. The molecule has 1 heterocycles. The van der Waals surface area contributed by atoms with Gasteiger partial charge in [-0.15, -0.1) is 0 Å². The van der Waals surface area contributed by atoms with Crippen LogP contribution in [0.15, 0.2) is 50.7 Å². The van der Waals surface area contributed by atoms with Crippen molar-refractivity contribution in [3.63, 3.8) is 0 Å². The summed E-state index contributed by atoms with van der Waals surface area (Å²) >= 11 is 9.49. The summed E-state index contributed by atoms with van der Waals surface area (Å²) in [4.78, 5) is 12.2. The van der Waals surface area contributed by atoms with Crippen molar-refractivity contribution in [2.75, 3.05) is 6.61 Å². The lowest BCUT2D eigenvalue weighted by atomic mass is 10.1. The molecular formula is C24H25BrClNO5S. The Morgan fingerprint density at radius 1 is 1.12 bits per heavy atom. The molecular weight excluding hydrogens is 530 g/mol. The van der Waals surface area contributed by atoms with Gasteiger partial charge in [0.05, 0.1) is 16.4 Å². The Kier molecular flexibility index (Phi) is 7.61. The molecule has 1 aromatic heterocycles. The summed E-state index contributed by atoms with van der Waals surface area (Å²) in [6, 6.07) is 10.2. The van der Waals surface area contributed by atoms with Gasteiger partial charge in [0.2, 0.25) is 9.84 Å². The van der Waals surface area contributed by atoms with E-state index in [9.17, 15) is 18.3 Å². The first-order valence-electron chi connectivity index (χ1n) is 10.3. The normalized spacial score (nSPS) is 11.6. The summed E-state index contributed by atoms with van der Waals surface area (Å²) < 4.78 is 34.6. The Labute approximate surface area is 207 Å². The minimum Gasteiger partial charge on any atom is -0.494 e. The van der Waals surface area contributed by atoms with Crippen LogP contribution in [0.5, 0.6) is 5.75 Å². The number of ether oxygens (including phenoxy) is 1. The Morgan fingerprint density at radius 3 is 2.30 bits per heavy atom. The van der Waals surface area contributed by atoms with E-state index < -0.39 is 15.8 Å². The molecule has 0 radical (unpaired) electrons. The second-order valence-corrected chi connectivity index (χ2v) is 10.9. The Morgan fingerprint density at radius 2 is 1.73 bits per heavy atom. The van der Waals surface area contributed by atoms with Gasteiger partial charge in [0.1, 0.15) is 11.4 Å². The molecule has 0 bridgehead atoms. The summed E-state index contributed by atoms with van der Waals surface area (Å²) in [5.41, 5.74) is 2.41. The quantitative estimate of drug-likeness (QED) is 0.338. The number of sulfone groups is 1. The average Bonchev–Trinajstić information content (AvgIpc) is 2.99. The zero-order valence-electron chi connectivity index (χ0n) is 18.8. The Balaban J connectivity index is 1.89. The molecule has 176 valence electrons. The maximum atomic E-state index is 13.4. The number of hydrogen-bond donors (Lipinski definition) is 1. The Bertz CT molecular complexity index is 1310. The van der Waals surface area contributed by atoms with Crippen LogP contribution in [0.1, 0.15) is 39.3 Å². The van der Waals surface area contributed by atoms with Gasteiger partial charge >= 0.3 is 5.97 Å². The molecule has 0 atom stereocenters. The maximum Gasteiger partial charge on any atom is 0.352 e. The predicted molar refractivity (Wildman–Crippen MR) is 131 cm³/mol. The van der Waals surface area contributed by atoms with Crippen LogP contribution in [0.2, 0.25) is 5.02 Å². The number of carboxylic acids is 1. The molecule has 6 nitrogen and oxygen atoms in total. The van der Waals surface area contributed by atoms with Crippen LogP contribution < -0.4 is 4.74 Å². The number of aryl methyl sites for hydroxylation is 2. The minimum atomic E-state index is -3.93. The standard InChI is InChI=1S/C24H25BrClNO5S/c1-14-12-18(13-15(2)21(14)26)32-11-7-10-27-17(4)23(16(3)22(27)24(28)29)33(30,31)20-9-6-5-8-19(20)25/h5-6,8-9,12-13H,7,10-11H2,1-4H3,(H,28,29). The van der Waals surface area contributed by atoms with E-state index in [1.54, 1.807) is 29.7 Å². The van der Waals surface area contributed by atoms with E-state index in [2.05, 4.69) is 15.9 Å². The first-order valence-corrected chi connectivity index (χ1v) is 12.9. The molecule has 33 heavy (non-hydrogen) atoms. The molecule has 0 aliphatic carbocycles. The molecule has 1 N–H and O–H groups in total. The molecule has 0 fully saturated rings. The van der Waals surface area contributed by atoms with E-state index >= 15 is 0 Å². The fraction of sp³-hybridized carbons (Fsp3) is 0.292. The third-order valence-electron chi connectivity index (χ3n) is 5.50. The third-order valence-corrected chi connectivity index (χ3v) is 9.13. The van der Waals surface area contributed by atoms with Crippen molar-refractivity contribution in [2.24, 2.45) is 0 Å². The van der Waals surface area contributed by atoms with E-state index in [1.165, 1.54) is 13.0 Å². The van der Waals surface area contributed by atoms with Gasteiger partial charge in [-0.05, 0) is 85.4 Å². The number of aromatic nitrogens is 1. The van der Waals surface area contributed by atoms with Gasteiger partial charge in [0, 0.05) is 27.3 Å². The molecule has 0 amide bonds. The number of carboxylic acid groups (broad SMARTS) is 1. The molecule has 0 aliphatic heterocycles. The van der Waals surface area contributed by atoms with Crippen molar-refractivity contribution < 1.29 is 23.1 Å². The van der Waals surface area contributed by atoms with Gasteiger partial charge in [-0.25, -0.2) is 13.2 Å². The lowest BCUT2D eigenvalue weighted by Crippen LogP contribution is -2.13. The molecule has 3 rings (SSSR count). The zero-order chi connectivity index (χ0) is 24.5. The highest BCUT2D eigenvalue weighted by molar-refractivity contribution is 9.10. The number of aromatic carboxylic acids is 1. The second kappa shape index (κ2) is 9.91. The lowest BCUT2D eigenvalue weighted by molar-refractivity contribution is 0.0683.